The molecule has 188 valence electrons. The first kappa shape index (κ1) is 26.2. The Morgan fingerprint density at radius 3 is 2.47 bits per heavy atom. The quantitative estimate of drug-likeness (QED) is 0.252. The van der Waals surface area contributed by atoms with Gasteiger partial charge >= 0.3 is 5.97 Å². The Morgan fingerprint density at radius 2 is 1.81 bits per heavy atom. The third kappa shape index (κ3) is 5.93. The molecule has 0 saturated carbocycles. The molecule has 0 radical (unpaired) electrons. The third-order valence-corrected chi connectivity index (χ3v) is 7.45. The number of likely N-dealkylation sites (tertiary alicyclic amines) is 1. The number of methoxy groups -OCH3 is 1. The van der Waals surface area contributed by atoms with Crippen LogP contribution in [-0.4, -0.2) is 59.6 Å². The van der Waals surface area contributed by atoms with Crippen LogP contribution in [-0.2, 0) is 9.59 Å². The smallest absolute Gasteiger partial charge is 0.343 e. The molecule has 2 aromatic rings. The van der Waals surface area contributed by atoms with Crippen molar-refractivity contribution in [2.45, 2.75) is 19.3 Å². The number of halogens is 2. The Labute approximate surface area is 225 Å². The molecule has 4 rings (SSSR count). The Bertz CT molecular complexity index is 1240. The van der Waals surface area contributed by atoms with Crippen LogP contribution in [0.1, 0.15) is 35.2 Å². The van der Waals surface area contributed by atoms with Crippen molar-refractivity contribution in [2.75, 3.05) is 26.7 Å². The molecule has 0 atom stereocenters. The molecule has 2 heterocycles. The topological polar surface area (TPSA) is 93.2 Å². The summed E-state index contributed by atoms with van der Waals surface area (Å²) in [7, 11) is 1.42. The van der Waals surface area contributed by atoms with E-state index in [0.29, 0.717) is 33.7 Å². The van der Waals surface area contributed by atoms with E-state index in [9.17, 15) is 19.2 Å². The number of amides is 3. The molecule has 3 amide bonds. The van der Waals surface area contributed by atoms with Crippen LogP contribution in [0.5, 0.6) is 11.5 Å². The van der Waals surface area contributed by atoms with E-state index in [2.05, 4.69) is 15.9 Å². The van der Waals surface area contributed by atoms with Gasteiger partial charge in [-0.2, -0.15) is 0 Å². The van der Waals surface area contributed by atoms with Gasteiger partial charge in [0.15, 0.2) is 11.5 Å². The molecule has 0 bridgehead atoms. The molecule has 0 N–H and O–H groups in total. The van der Waals surface area contributed by atoms with Crippen LogP contribution in [0.3, 0.4) is 0 Å². The molecule has 0 aliphatic carbocycles. The first-order valence-corrected chi connectivity index (χ1v) is 13.1. The number of hydrogen-bond acceptors (Lipinski definition) is 7. The van der Waals surface area contributed by atoms with Crippen LogP contribution < -0.4 is 9.47 Å². The lowest BCUT2D eigenvalue weighted by molar-refractivity contribution is -0.136. The lowest BCUT2D eigenvalue weighted by atomic mass is 10.1. The van der Waals surface area contributed by atoms with Crippen molar-refractivity contribution >= 4 is 68.4 Å². The molecule has 2 saturated heterocycles. The molecule has 0 aromatic heterocycles. The Morgan fingerprint density at radius 1 is 1.11 bits per heavy atom. The molecule has 0 spiro atoms. The third-order valence-electron chi connectivity index (χ3n) is 5.70. The number of thioether (sulfide) groups is 1. The Kier molecular flexibility index (Phi) is 8.38. The van der Waals surface area contributed by atoms with E-state index in [1.165, 1.54) is 13.2 Å². The highest BCUT2D eigenvalue weighted by molar-refractivity contribution is 9.10. The van der Waals surface area contributed by atoms with Gasteiger partial charge < -0.3 is 14.4 Å². The van der Waals surface area contributed by atoms with Crippen LogP contribution in [0.2, 0.25) is 5.02 Å². The number of hydrogen-bond donors (Lipinski definition) is 0. The number of carbonyl (C=O) groups excluding carboxylic acids is 4. The van der Waals surface area contributed by atoms with Gasteiger partial charge in [-0.3, -0.25) is 19.3 Å². The lowest BCUT2D eigenvalue weighted by Crippen LogP contribution is -2.44. The summed E-state index contributed by atoms with van der Waals surface area (Å²) in [5, 5.41) is 0.00564. The highest BCUT2D eigenvalue weighted by Crippen LogP contribution is 2.39. The molecule has 0 unspecified atom stereocenters. The Balaban J connectivity index is 1.51. The number of carbonyl (C=O) groups is 4. The summed E-state index contributed by atoms with van der Waals surface area (Å²) in [5.74, 6) is -0.941. The second-order valence-corrected chi connectivity index (χ2v) is 10.4. The van der Waals surface area contributed by atoms with E-state index in [1.807, 2.05) is 0 Å². The molecule has 2 aromatic carbocycles. The predicted octanol–water partition coefficient (Wildman–Crippen LogP) is 5.38. The fourth-order valence-corrected chi connectivity index (χ4v) is 5.33. The minimum atomic E-state index is -0.599. The maximum Gasteiger partial charge on any atom is 0.343 e. The molecule has 2 aliphatic heterocycles. The number of benzene rings is 2. The molecular formula is C25H22BrClN2O6S. The summed E-state index contributed by atoms with van der Waals surface area (Å²) in [6.07, 6.45) is 4.46. The number of esters is 1. The summed E-state index contributed by atoms with van der Waals surface area (Å²) < 4.78 is 11.3. The van der Waals surface area contributed by atoms with E-state index < -0.39 is 17.1 Å². The maximum atomic E-state index is 12.9. The predicted molar refractivity (Wildman–Crippen MR) is 140 cm³/mol. The maximum absolute atomic E-state index is 12.9. The zero-order valence-corrected chi connectivity index (χ0v) is 22.5. The number of nitrogens with zero attached hydrogens (tertiary/aromatic N) is 2. The molecule has 2 aliphatic rings. The average Bonchev–Trinajstić information content (AvgIpc) is 3.13. The van der Waals surface area contributed by atoms with Gasteiger partial charge in [0.1, 0.15) is 6.54 Å². The first-order chi connectivity index (χ1) is 17.3. The van der Waals surface area contributed by atoms with E-state index in [0.717, 1.165) is 35.9 Å². The van der Waals surface area contributed by atoms with Gasteiger partial charge in [-0.1, -0.05) is 11.6 Å². The number of imide groups is 1. The fraction of sp³-hybridized carbons (Fsp3) is 0.280. The average molecular weight is 594 g/mol. The number of rotatable bonds is 6. The molecule has 36 heavy (non-hydrogen) atoms. The Hall–Kier alpha value is -2.82. The van der Waals surface area contributed by atoms with Crippen LogP contribution in [0, 0.1) is 0 Å². The van der Waals surface area contributed by atoms with E-state index >= 15 is 0 Å². The van der Waals surface area contributed by atoms with Crippen LogP contribution in [0.25, 0.3) is 6.08 Å². The van der Waals surface area contributed by atoms with E-state index in [4.69, 9.17) is 21.1 Å². The summed E-state index contributed by atoms with van der Waals surface area (Å²) in [4.78, 5) is 53.3. The molecule has 8 nitrogen and oxygen atoms in total. The highest BCUT2D eigenvalue weighted by atomic mass is 79.9. The van der Waals surface area contributed by atoms with Crippen molar-refractivity contribution in [1.29, 1.82) is 0 Å². The standard InChI is InChI=1S/C25H22BrClN2O6S/c1-34-19-12-15(11-18(26)22(19)35-24(32)16-5-7-17(27)8-6-16)13-20-23(31)29(25(33)36-20)14-21(30)28-9-3-2-4-10-28/h5-8,11-13H,2-4,9-10,14H2,1H3/b20-13-. The van der Waals surface area contributed by atoms with Crippen molar-refractivity contribution in [3.63, 3.8) is 0 Å². The first-order valence-electron chi connectivity index (χ1n) is 11.1. The van der Waals surface area contributed by atoms with Crippen molar-refractivity contribution in [1.82, 2.24) is 9.80 Å². The summed E-state index contributed by atoms with van der Waals surface area (Å²) in [6.45, 7) is 1.02. The summed E-state index contributed by atoms with van der Waals surface area (Å²) >= 11 is 10.0. The SMILES string of the molecule is COc1cc(/C=C2\SC(=O)N(CC(=O)N3CCCCC3)C2=O)cc(Br)c1OC(=O)c1ccc(Cl)cc1. The van der Waals surface area contributed by atoms with E-state index in [1.54, 1.807) is 41.3 Å². The van der Waals surface area contributed by atoms with Gasteiger partial charge in [0.05, 0.1) is 22.1 Å². The van der Waals surface area contributed by atoms with Gasteiger partial charge in [0.25, 0.3) is 11.1 Å². The number of piperidine rings is 1. The summed E-state index contributed by atoms with van der Waals surface area (Å²) in [6, 6.07) is 9.49. The van der Waals surface area contributed by atoms with Crippen molar-refractivity contribution in [3.05, 3.63) is 61.9 Å². The van der Waals surface area contributed by atoms with E-state index in [-0.39, 0.29) is 28.9 Å². The van der Waals surface area contributed by atoms with Crippen LogP contribution in [0.15, 0.2) is 45.8 Å². The van der Waals surface area contributed by atoms with Gasteiger partial charge in [0, 0.05) is 18.1 Å². The monoisotopic (exact) mass is 592 g/mol. The van der Waals surface area contributed by atoms with Gasteiger partial charge in [-0.05, 0) is 95.0 Å². The number of ether oxygens (including phenoxy) is 2. The zero-order chi connectivity index (χ0) is 25.8. The van der Waals surface area contributed by atoms with Crippen LogP contribution >= 0.6 is 39.3 Å². The van der Waals surface area contributed by atoms with Crippen molar-refractivity contribution in [3.8, 4) is 11.5 Å². The zero-order valence-electron chi connectivity index (χ0n) is 19.3. The van der Waals surface area contributed by atoms with Crippen LogP contribution in [0.4, 0.5) is 4.79 Å². The minimum Gasteiger partial charge on any atom is -0.493 e. The second kappa shape index (κ2) is 11.5. The summed E-state index contributed by atoms with van der Waals surface area (Å²) in [5.41, 5.74) is 0.850. The second-order valence-electron chi connectivity index (χ2n) is 8.14. The minimum absolute atomic E-state index is 0.162. The largest absolute Gasteiger partial charge is 0.493 e. The van der Waals surface area contributed by atoms with Crippen molar-refractivity contribution < 1.29 is 28.7 Å². The van der Waals surface area contributed by atoms with Crippen molar-refractivity contribution in [2.24, 2.45) is 0 Å². The normalized spacial score (nSPS) is 17.0. The van der Waals surface area contributed by atoms with Gasteiger partial charge in [-0.25, -0.2) is 4.79 Å². The fourth-order valence-electron chi connectivity index (χ4n) is 3.83. The molecule has 11 heteroatoms. The lowest BCUT2D eigenvalue weighted by Gasteiger charge is -2.27. The molecule has 2 fully saturated rings. The van der Waals surface area contributed by atoms with Gasteiger partial charge in [-0.15, -0.1) is 0 Å². The molecular weight excluding hydrogens is 572 g/mol. The highest BCUT2D eigenvalue weighted by Gasteiger charge is 2.37. The van der Waals surface area contributed by atoms with Gasteiger partial charge in [0.2, 0.25) is 5.91 Å².